The molecule has 0 radical (unpaired) electrons. The van der Waals surface area contributed by atoms with E-state index in [9.17, 15) is 4.79 Å². The van der Waals surface area contributed by atoms with E-state index in [1.54, 1.807) is 10.9 Å². The van der Waals surface area contributed by atoms with Crippen LogP contribution in [0.25, 0.3) is 0 Å². The van der Waals surface area contributed by atoms with Gasteiger partial charge in [0.2, 0.25) is 0 Å². The molecule has 90 valence electrons. The monoisotopic (exact) mass is 242 g/mol. The van der Waals surface area contributed by atoms with Crippen molar-refractivity contribution in [3.05, 3.63) is 16.9 Å². The van der Waals surface area contributed by atoms with Gasteiger partial charge >= 0.3 is 0 Å². The van der Waals surface area contributed by atoms with Crippen LogP contribution in [0.4, 0.5) is 0 Å². The van der Waals surface area contributed by atoms with E-state index in [1.807, 2.05) is 6.92 Å². The largest absolute Gasteiger partial charge is 0.292 e. The van der Waals surface area contributed by atoms with E-state index in [0.717, 1.165) is 25.8 Å². The molecule has 1 aromatic heterocycles. The van der Waals surface area contributed by atoms with Crippen LogP contribution in [-0.4, -0.2) is 15.6 Å². The lowest BCUT2D eigenvalue weighted by molar-refractivity contribution is 0.0912. The lowest BCUT2D eigenvalue weighted by Gasteiger charge is -2.11. The van der Waals surface area contributed by atoms with Gasteiger partial charge in [0, 0.05) is 12.5 Å². The highest BCUT2D eigenvalue weighted by atomic mass is 35.5. The van der Waals surface area contributed by atoms with Crippen LogP contribution >= 0.6 is 11.6 Å². The first-order valence-electron chi connectivity index (χ1n) is 5.87. The van der Waals surface area contributed by atoms with Gasteiger partial charge in [-0.1, -0.05) is 38.8 Å². The summed E-state index contributed by atoms with van der Waals surface area (Å²) in [5.74, 6) is 0.132. The van der Waals surface area contributed by atoms with Gasteiger partial charge in [0.15, 0.2) is 5.78 Å². The van der Waals surface area contributed by atoms with Crippen LogP contribution in [-0.2, 0) is 6.54 Å². The molecule has 0 N–H and O–H groups in total. The van der Waals surface area contributed by atoms with E-state index >= 15 is 0 Å². The minimum atomic E-state index is 0.0230. The number of carbonyl (C=O) groups is 1. The van der Waals surface area contributed by atoms with Crippen molar-refractivity contribution in [2.75, 3.05) is 0 Å². The van der Waals surface area contributed by atoms with Gasteiger partial charge in [0.05, 0.1) is 11.2 Å². The molecule has 1 aromatic rings. The van der Waals surface area contributed by atoms with Crippen LogP contribution in [0.1, 0.15) is 50.5 Å². The molecule has 0 aromatic carbocycles. The standard InChI is InChI=1S/C12H19ClN2O/c1-4-6-9(3)12(16)11-10(13)8-14-15(11)7-5-2/h8-9H,4-7H2,1-3H3. The van der Waals surface area contributed by atoms with Crippen LogP contribution in [0.3, 0.4) is 0 Å². The molecule has 0 aliphatic heterocycles. The van der Waals surface area contributed by atoms with Crippen molar-refractivity contribution in [3.63, 3.8) is 0 Å². The molecule has 4 heteroatoms. The molecule has 16 heavy (non-hydrogen) atoms. The summed E-state index contributed by atoms with van der Waals surface area (Å²) in [4.78, 5) is 12.2. The fourth-order valence-corrected chi connectivity index (χ4v) is 2.02. The minimum absolute atomic E-state index is 0.0230. The highest BCUT2D eigenvalue weighted by Gasteiger charge is 2.21. The van der Waals surface area contributed by atoms with Gasteiger partial charge in [0.25, 0.3) is 0 Å². The predicted molar refractivity (Wildman–Crippen MR) is 65.9 cm³/mol. The Kier molecular flexibility index (Phi) is 5.00. The zero-order valence-corrected chi connectivity index (χ0v) is 10.9. The lowest BCUT2D eigenvalue weighted by atomic mass is 9.99. The van der Waals surface area contributed by atoms with E-state index in [2.05, 4.69) is 18.9 Å². The second-order valence-electron chi connectivity index (χ2n) is 4.12. The first kappa shape index (κ1) is 13.2. The van der Waals surface area contributed by atoms with E-state index in [0.29, 0.717) is 10.7 Å². The first-order chi connectivity index (χ1) is 7.61. The van der Waals surface area contributed by atoms with Crippen molar-refractivity contribution in [3.8, 4) is 0 Å². The smallest absolute Gasteiger partial charge is 0.185 e. The molecular weight excluding hydrogens is 224 g/mol. The Morgan fingerprint density at radius 1 is 1.50 bits per heavy atom. The number of aryl methyl sites for hydroxylation is 1. The summed E-state index contributed by atoms with van der Waals surface area (Å²) >= 11 is 6.02. The second kappa shape index (κ2) is 6.04. The molecule has 0 spiro atoms. The van der Waals surface area contributed by atoms with Crippen LogP contribution in [0.5, 0.6) is 0 Å². The fraction of sp³-hybridized carbons (Fsp3) is 0.667. The number of ketones is 1. The molecule has 0 amide bonds. The van der Waals surface area contributed by atoms with E-state index < -0.39 is 0 Å². The molecule has 1 heterocycles. The number of hydrogen-bond donors (Lipinski definition) is 0. The molecule has 0 aliphatic rings. The van der Waals surface area contributed by atoms with Crippen molar-refractivity contribution < 1.29 is 4.79 Å². The summed E-state index contributed by atoms with van der Waals surface area (Å²) in [6, 6.07) is 0. The number of hydrogen-bond acceptors (Lipinski definition) is 2. The quantitative estimate of drug-likeness (QED) is 0.715. The molecule has 0 fully saturated rings. The van der Waals surface area contributed by atoms with Gasteiger partial charge in [-0.15, -0.1) is 0 Å². The van der Waals surface area contributed by atoms with E-state index in [1.165, 1.54) is 0 Å². The predicted octanol–water partition coefficient (Wildman–Crippen LogP) is 3.57. The SMILES string of the molecule is CCCC(C)C(=O)c1c(Cl)cnn1CCC. The number of carbonyl (C=O) groups excluding carboxylic acids is 1. The third-order valence-electron chi connectivity index (χ3n) is 2.63. The Bertz CT molecular complexity index is 360. The lowest BCUT2D eigenvalue weighted by Crippen LogP contribution is -2.17. The molecular formula is C12H19ClN2O. The minimum Gasteiger partial charge on any atom is -0.292 e. The van der Waals surface area contributed by atoms with Gasteiger partial charge in [-0.05, 0) is 12.8 Å². The molecule has 0 saturated heterocycles. The molecule has 0 aliphatic carbocycles. The summed E-state index contributed by atoms with van der Waals surface area (Å²) in [6.07, 6.45) is 4.41. The van der Waals surface area contributed by atoms with Crippen LogP contribution in [0, 0.1) is 5.92 Å². The van der Waals surface area contributed by atoms with Crippen LogP contribution in [0.15, 0.2) is 6.20 Å². The average molecular weight is 243 g/mol. The van der Waals surface area contributed by atoms with Gasteiger partial charge in [-0.25, -0.2) is 0 Å². The molecule has 0 saturated carbocycles. The highest BCUT2D eigenvalue weighted by Crippen LogP contribution is 2.21. The van der Waals surface area contributed by atoms with Crippen molar-refractivity contribution in [2.24, 2.45) is 5.92 Å². The second-order valence-corrected chi connectivity index (χ2v) is 4.53. The topological polar surface area (TPSA) is 34.9 Å². The number of aromatic nitrogens is 2. The van der Waals surface area contributed by atoms with Crippen molar-refractivity contribution >= 4 is 17.4 Å². The summed E-state index contributed by atoms with van der Waals surface area (Å²) in [7, 11) is 0. The number of rotatable bonds is 6. The summed E-state index contributed by atoms with van der Waals surface area (Å²) in [5.41, 5.74) is 0.574. The Morgan fingerprint density at radius 2 is 2.19 bits per heavy atom. The van der Waals surface area contributed by atoms with Crippen LogP contribution in [0.2, 0.25) is 5.02 Å². The number of halogens is 1. The zero-order valence-electron chi connectivity index (χ0n) is 10.2. The van der Waals surface area contributed by atoms with Crippen LogP contribution < -0.4 is 0 Å². The maximum absolute atomic E-state index is 12.2. The molecule has 1 unspecified atom stereocenters. The molecule has 1 atom stereocenters. The van der Waals surface area contributed by atoms with E-state index in [-0.39, 0.29) is 11.7 Å². The third kappa shape index (κ3) is 2.85. The fourth-order valence-electron chi connectivity index (χ4n) is 1.79. The summed E-state index contributed by atoms with van der Waals surface area (Å²) in [5, 5.41) is 4.61. The van der Waals surface area contributed by atoms with E-state index in [4.69, 9.17) is 11.6 Å². The van der Waals surface area contributed by atoms with Crippen molar-refractivity contribution in [1.29, 1.82) is 0 Å². The summed E-state index contributed by atoms with van der Waals surface area (Å²) in [6.45, 7) is 6.83. The Hall–Kier alpha value is -0.830. The summed E-state index contributed by atoms with van der Waals surface area (Å²) < 4.78 is 1.72. The maximum atomic E-state index is 12.2. The maximum Gasteiger partial charge on any atom is 0.185 e. The van der Waals surface area contributed by atoms with Gasteiger partial charge in [0.1, 0.15) is 5.69 Å². The first-order valence-corrected chi connectivity index (χ1v) is 6.25. The Morgan fingerprint density at radius 3 is 2.75 bits per heavy atom. The number of Topliss-reactive ketones (excluding diaryl/α,β-unsaturated/α-hetero) is 1. The van der Waals surface area contributed by atoms with Gasteiger partial charge in [-0.3, -0.25) is 9.48 Å². The van der Waals surface area contributed by atoms with Gasteiger partial charge in [-0.2, -0.15) is 5.10 Å². The normalized spacial score (nSPS) is 12.8. The average Bonchev–Trinajstić information content (AvgIpc) is 2.60. The third-order valence-corrected chi connectivity index (χ3v) is 2.91. The molecule has 1 rings (SSSR count). The van der Waals surface area contributed by atoms with Crippen molar-refractivity contribution in [1.82, 2.24) is 9.78 Å². The van der Waals surface area contributed by atoms with Crippen molar-refractivity contribution in [2.45, 2.75) is 46.6 Å². The van der Waals surface area contributed by atoms with Gasteiger partial charge < -0.3 is 0 Å². The molecule has 3 nitrogen and oxygen atoms in total. The number of nitrogens with zero attached hydrogens (tertiary/aromatic N) is 2. The zero-order chi connectivity index (χ0) is 12.1. The Labute approximate surface area is 102 Å². The molecule has 0 bridgehead atoms. The Balaban J connectivity index is 2.92. The highest BCUT2D eigenvalue weighted by molar-refractivity contribution is 6.33.